The summed E-state index contributed by atoms with van der Waals surface area (Å²) in [6.07, 6.45) is -0.320. The molecule has 0 radical (unpaired) electrons. The average molecular weight is 474 g/mol. The van der Waals surface area contributed by atoms with E-state index in [1.54, 1.807) is 24.0 Å². The molecule has 0 saturated carbocycles. The van der Waals surface area contributed by atoms with Crippen molar-refractivity contribution < 1.29 is 22.7 Å². The van der Waals surface area contributed by atoms with Crippen LogP contribution in [0.1, 0.15) is 24.5 Å². The Labute approximate surface area is 195 Å². The Morgan fingerprint density at radius 3 is 2.21 bits per heavy atom. The van der Waals surface area contributed by atoms with Gasteiger partial charge in [0.05, 0.1) is 4.90 Å². The molecule has 2 aromatic rings. The molecule has 1 saturated heterocycles. The van der Waals surface area contributed by atoms with Crippen molar-refractivity contribution in [1.82, 2.24) is 14.5 Å². The van der Waals surface area contributed by atoms with Crippen LogP contribution in [0.25, 0.3) is 0 Å². The molecular formula is C24H31N3O5S. The summed E-state index contributed by atoms with van der Waals surface area (Å²) < 4.78 is 31.2. The summed E-state index contributed by atoms with van der Waals surface area (Å²) in [7, 11) is -2.14. The predicted octanol–water partition coefficient (Wildman–Crippen LogP) is 1.80. The molecule has 1 N–H and O–H groups in total. The van der Waals surface area contributed by atoms with E-state index < -0.39 is 22.1 Å². The first-order chi connectivity index (χ1) is 15.8. The summed E-state index contributed by atoms with van der Waals surface area (Å²) in [5.74, 6) is -0.630. The fourth-order valence-electron chi connectivity index (χ4n) is 3.73. The number of amides is 1. The van der Waals surface area contributed by atoms with Crippen molar-refractivity contribution in [1.29, 1.82) is 0 Å². The molecule has 1 aliphatic rings. The smallest absolute Gasteiger partial charge is 0.306 e. The molecular weight excluding hydrogens is 442 g/mol. The first-order valence-electron chi connectivity index (χ1n) is 11.1. The molecule has 0 bridgehead atoms. The summed E-state index contributed by atoms with van der Waals surface area (Å²) in [5.41, 5.74) is 2.06. The van der Waals surface area contributed by atoms with Gasteiger partial charge in [-0.15, -0.1) is 0 Å². The molecule has 0 aliphatic carbocycles. The highest BCUT2D eigenvalue weighted by atomic mass is 32.2. The van der Waals surface area contributed by atoms with Crippen molar-refractivity contribution in [2.75, 3.05) is 33.2 Å². The maximum Gasteiger partial charge on any atom is 0.306 e. The fraction of sp³-hybridized carbons (Fsp3) is 0.417. The molecule has 9 heteroatoms. The minimum Gasteiger partial charge on any atom is -0.453 e. The van der Waals surface area contributed by atoms with Crippen LogP contribution in [0.2, 0.25) is 0 Å². The first kappa shape index (κ1) is 24.9. The second-order valence-corrected chi connectivity index (χ2v) is 9.96. The normalized spacial score (nSPS) is 15.8. The number of nitrogens with zero attached hydrogens (tertiary/aromatic N) is 2. The summed E-state index contributed by atoms with van der Waals surface area (Å²) in [6.45, 7) is 5.23. The van der Waals surface area contributed by atoms with Gasteiger partial charge in [0.25, 0.3) is 5.91 Å². The Balaban J connectivity index is 1.41. The minimum atomic E-state index is -3.49. The van der Waals surface area contributed by atoms with Gasteiger partial charge in [-0.25, -0.2) is 13.1 Å². The lowest BCUT2D eigenvalue weighted by Gasteiger charge is -2.35. The molecule has 3 rings (SSSR count). The first-order valence-corrected chi connectivity index (χ1v) is 12.5. The van der Waals surface area contributed by atoms with Gasteiger partial charge >= 0.3 is 5.97 Å². The Kier molecular flexibility index (Phi) is 8.60. The number of esters is 1. The van der Waals surface area contributed by atoms with Crippen LogP contribution in [0.4, 0.5) is 0 Å². The van der Waals surface area contributed by atoms with Gasteiger partial charge in [-0.2, -0.15) is 0 Å². The molecule has 1 atom stereocenters. The van der Waals surface area contributed by atoms with Crippen LogP contribution < -0.4 is 4.72 Å². The number of hydrogen-bond donors (Lipinski definition) is 1. The largest absolute Gasteiger partial charge is 0.453 e. The number of aryl methyl sites for hydroxylation is 1. The maximum atomic E-state index is 12.7. The minimum absolute atomic E-state index is 0.112. The zero-order valence-electron chi connectivity index (χ0n) is 19.1. The van der Waals surface area contributed by atoms with Crippen LogP contribution in [-0.4, -0.2) is 69.4 Å². The van der Waals surface area contributed by atoms with E-state index in [1.165, 1.54) is 24.7 Å². The van der Waals surface area contributed by atoms with Gasteiger partial charge in [-0.3, -0.25) is 14.5 Å². The van der Waals surface area contributed by atoms with Gasteiger partial charge in [-0.1, -0.05) is 42.5 Å². The Morgan fingerprint density at radius 1 is 0.970 bits per heavy atom. The third-order valence-electron chi connectivity index (χ3n) is 5.71. The monoisotopic (exact) mass is 473 g/mol. The third kappa shape index (κ3) is 7.12. The van der Waals surface area contributed by atoms with E-state index >= 15 is 0 Å². The number of ether oxygens (including phenoxy) is 1. The lowest BCUT2D eigenvalue weighted by Crippen LogP contribution is -2.51. The van der Waals surface area contributed by atoms with Gasteiger partial charge in [0.2, 0.25) is 10.0 Å². The maximum absolute atomic E-state index is 12.7. The Hall–Kier alpha value is -2.75. The van der Waals surface area contributed by atoms with Gasteiger partial charge in [0.15, 0.2) is 6.10 Å². The SMILES string of the molecule is CNS(=O)(=O)c1ccc(CCC(=O)OC(C)C(=O)N2CCN(Cc3ccccc3)CC2)cc1. The lowest BCUT2D eigenvalue weighted by atomic mass is 10.1. The number of carbonyl (C=O) groups is 2. The van der Waals surface area contributed by atoms with Crippen molar-refractivity contribution in [3.05, 3.63) is 65.7 Å². The van der Waals surface area contributed by atoms with E-state index in [0.29, 0.717) is 19.5 Å². The van der Waals surface area contributed by atoms with E-state index in [0.717, 1.165) is 25.2 Å². The van der Waals surface area contributed by atoms with Crippen molar-refractivity contribution in [2.24, 2.45) is 0 Å². The van der Waals surface area contributed by atoms with Crippen LogP contribution in [-0.2, 0) is 37.3 Å². The second-order valence-electron chi connectivity index (χ2n) is 8.07. The van der Waals surface area contributed by atoms with Gasteiger partial charge < -0.3 is 9.64 Å². The topological polar surface area (TPSA) is 96.0 Å². The lowest BCUT2D eigenvalue weighted by molar-refractivity contribution is -0.159. The molecule has 1 unspecified atom stereocenters. The van der Waals surface area contributed by atoms with Gasteiger partial charge in [0.1, 0.15) is 0 Å². The van der Waals surface area contributed by atoms with Crippen LogP contribution in [0.3, 0.4) is 0 Å². The molecule has 0 aromatic heterocycles. The van der Waals surface area contributed by atoms with E-state index in [2.05, 4.69) is 21.8 Å². The van der Waals surface area contributed by atoms with Gasteiger partial charge in [0, 0.05) is 39.1 Å². The standard InChI is InChI=1S/C24H31N3O5S/c1-19(24(29)27-16-14-26(15-17-27)18-21-6-4-3-5-7-21)32-23(28)13-10-20-8-11-22(12-9-20)33(30,31)25-2/h3-9,11-12,19,25H,10,13-18H2,1-2H3. The van der Waals surface area contributed by atoms with Crippen LogP contribution >= 0.6 is 0 Å². The Morgan fingerprint density at radius 2 is 1.61 bits per heavy atom. The number of carbonyl (C=O) groups excluding carboxylic acids is 2. The van der Waals surface area contributed by atoms with E-state index in [9.17, 15) is 18.0 Å². The summed E-state index contributed by atoms with van der Waals surface area (Å²) in [6, 6.07) is 16.6. The quantitative estimate of drug-likeness (QED) is 0.558. The highest BCUT2D eigenvalue weighted by Gasteiger charge is 2.27. The van der Waals surface area contributed by atoms with Crippen molar-refractivity contribution in [2.45, 2.75) is 37.3 Å². The number of piperazine rings is 1. The molecule has 33 heavy (non-hydrogen) atoms. The molecule has 8 nitrogen and oxygen atoms in total. The number of sulfonamides is 1. The second kappa shape index (κ2) is 11.4. The highest BCUT2D eigenvalue weighted by molar-refractivity contribution is 7.89. The Bertz CT molecular complexity index is 1030. The number of benzene rings is 2. The third-order valence-corrected chi connectivity index (χ3v) is 7.14. The highest BCUT2D eigenvalue weighted by Crippen LogP contribution is 2.13. The van der Waals surface area contributed by atoms with E-state index in [1.807, 2.05) is 18.2 Å². The predicted molar refractivity (Wildman–Crippen MR) is 125 cm³/mol. The van der Waals surface area contributed by atoms with Crippen LogP contribution in [0.15, 0.2) is 59.5 Å². The van der Waals surface area contributed by atoms with Crippen molar-refractivity contribution in [3.63, 3.8) is 0 Å². The summed E-state index contributed by atoms with van der Waals surface area (Å²) in [5, 5.41) is 0. The van der Waals surface area contributed by atoms with Crippen LogP contribution in [0.5, 0.6) is 0 Å². The molecule has 1 amide bonds. The van der Waals surface area contributed by atoms with Gasteiger partial charge in [-0.05, 0) is 43.7 Å². The number of rotatable bonds is 9. The zero-order chi connectivity index (χ0) is 23.8. The molecule has 1 fully saturated rings. The molecule has 1 heterocycles. The zero-order valence-corrected chi connectivity index (χ0v) is 19.9. The molecule has 0 spiro atoms. The van der Waals surface area contributed by atoms with Crippen molar-refractivity contribution >= 4 is 21.9 Å². The summed E-state index contributed by atoms with van der Waals surface area (Å²) >= 11 is 0. The van der Waals surface area contributed by atoms with E-state index in [-0.39, 0.29) is 17.2 Å². The fourth-order valence-corrected chi connectivity index (χ4v) is 4.46. The molecule has 178 valence electrons. The molecule has 2 aromatic carbocycles. The number of hydrogen-bond acceptors (Lipinski definition) is 6. The summed E-state index contributed by atoms with van der Waals surface area (Å²) in [4.78, 5) is 29.2. The van der Waals surface area contributed by atoms with E-state index in [4.69, 9.17) is 4.74 Å². The molecule has 1 aliphatic heterocycles. The van der Waals surface area contributed by atoms with Crippen LogP contribution in [0, 0.1) is 0 Å². The average Bonchev–Trinajstić information content (AvgIpc) is 2.83. The van der Waals surface area contributed by atoms with Crippen molar-refractivity contribution in [3.8, 4) is 0 Å². The number of nitrogens with one attached hydrogen (secondary N) is 1.